The van der Waals surface area contributed by atoms with Gasteiger partial charge in [0.05, 0.1) is 33.5 Å². The third-order valence-corrected chi connectivity index (χ3v) is 5.34. The Bertz CT molecular complexity index is 1090. The molecule has 2 heterocycles. The van der Waals surface area contributed by atoms with Crippen LogP contribution in [0.3, 0.4) is 0 Å². The van der Waals surface area contributed by atoms with E-state index in [2.05, 4.69) is 16.0 Å². The quantitative estimate of drug-likeness (QED) is 0.640. The standard InChI is InChI=1S/C23H23N3O4/c1-27-17-6-4-15(5-7-17)22-14-26(8-9-30-22)23-19-11-21(29-3)20(28-2)10-18(19)16(12-24)13-25-23/h4-7,10-11,13,22H,8-9,14H2,1-3H3. The van der Waals surface area contributed by atoms with Gasteiger partial charge in [-0.25, -0.2) is 4.98 Å². The SMILES string of the molecule is COc1ccc(C2CN(c3ncc(C#N)c4cc(OC)c(OC)cc34)CCO2)cc1. The van der Waals surface area contributed by atoms with Gasteiger partial charge < -0.3 is 23.8 Å². The van der Waals surface area contributed by atoms with Crippen molar-refractivity contribution < 1.29 is 18.9 Å². The summed E-state index contributed by atoms with van der Waals surface area (Å²) in [5.41, 5.74) is 1.58. The molecule has 1 atom stereocenters. The van der Waals surface area contributed by atoms with Crippen LogP contribution in [0.1, 0.15) is 17.2 Å². The number of morpholine rings is 1. The maximum absolute atomic E-state index is 9.55. The van der Waals surface area contributed by atoms with Crippen LogP contribution in [0, 0.1) is 11.3 Å². The van der Waals surface area contributed by atoms with E-state index in [1.54, 1.807) is 27.5 Å². The third kappa shape index (κ3) is 3.58. The predicted molar refractivity (Wildman–Crippen MR) is 113 cm³/mol. The molecule has 0 saturated carbocycles. The van der Waals surface area contributed by atoms with Crippen LogP contribution in [0.25, 0.3) is 10.8 Å². The monoisotopic (exact) mass is 405 g/mol. The van der Waals surface area contributed by atoms with Crippen molar-refractivity contribution in [2.24, 2.45) is 0 Å². The lowest BCUT2D eigenvalue weighted by molar-refractivity contribution is 0.0396. The molecule has 0 spiro atoms. The Hall–Kier alpha value is -3.50. The Morgan fingerprint density at radius 1 is 1.03 bits per heavy atom. The maximum atomic E-state index is 9.55. The van der Waals surface area contributed by atoms with Crippen LogP contribution in [0.4, 0.5) is 5.82 Å². The summed E-state index contributed by atoms with van der Waals surface area (Å²) in [7, 11) is 4.83. The number of methoxy groups -OCH3 is 3. The second-order valence-electron chi connectivity index (χ2n) is 6.94. The lowest BCUT2D eigenvalue weighted by Crippen LogP contribution is -2.39. The van der Waals surface area contributed by atoms with Crippen LogP contribution < -0.4 is 19.1 Å². The van der Waals surface area contributed by atoms with Gasteiger partial charge in [0.15, 0.2) is 11.5 Å². The minimum absolute atomic E-state index is 0.0858. The van der Waals surface area contributed by atoms with Gasteiger partial charge in [0.1, 0.15) is 23.7 Å². The highest BCUT2D eigenvalue weighted by Gasteiger charge is 2.25. The van der Waals surface area contributed by atoms with Crippen molar-refractivity contribution in [1.29, 1.82) is 5.26 Å². The second kappa shape index (κ2) is 8.47. The molecule has 7 nitrogen and oxygen atoms in total. The Morgan fingerprint density at radius 3 is 2.37 bits per heavy atom. The number of ether oxygens (including phenoxy) is 4. The number of nitriles is 1. The summed E-state index contributed by atoms with van der Waals surface area (Å²) in [4.78, 5) is 6.81. The fraction of sp³-hybridized carbons (Fsp3) is 0.304. The number of pyridine rings is 1. The number of aromatic nitrogens is 1. The van der Waals surface area contributed by atoms with E-state index in [9.17, 15) is 5.26 Å². The average Bonchev–Trinajstić information content (AvgIpc) is 2.82. The molecule has 0 N–H and O–H groups in total. The van der Waals surface area contributed by atoms with Crippen molar-refractivity contribution in [3.63, 3.8) is 0 Å². The van der Waals surface area contributed by atoms with Gasteiger partial charge in [-0.3, -0.25) is 0 Å². The first-order chi connectivity index (χ1) is 14.7. The van der Waals surface area contributed by atoms with Crippen LogP contribution in [0.2, 0.25) is 0 Å². The average molecular weight is 405 g/mol. The number of anilines is 1. The number of rotatable bonds is 5. The molecule has 1 aliphatic rings. The first-order valence-electron chi connectivity index (χ1n) is 9.63. The topological polar surface area (TPSA) is 76.8 Å². The highest BCUT2D eigenvalue weighted by atomic mass is 16.5. The van der Waals surface area contributed by atoms with E-state index in [4.69, 9.17) is 18.9 Å². The molecule has 1 aromatic heterocycles. The van der Waals surface area contributed by atoms with Crippen LogP contribution in [0.15, 0.2) is 42.6 Å². The smallest absolute Gasteiger partial charge is 0.161 e. The molecule has 1 fully saturated rings. The van der Waals surface area contributed by atoms with Gasteiger partial charge in [-0.05, 0) is 29.8 Å². The zero-order valence-corrected chi connectivity index (χ0v) is 17.2. The molecule has 0 aliphatic carbocycles. The highest BCUT2D eigenvalue weighted by molar-refractivity contribution is 5.98. The summed E-state index contributed by atoms with van der Waals surface area (Å²) in [5.74, 6) is 2.79. The van der Waals surface area contributed by atoms with Crippen LogP contribution in [0.5, 0.6) is 17.2 Å². The molecule has 4 rings (SSSR count). The van der Waals surface area contributed by atoms with E-state index in [-0.39, 0.29) is 6.10 Å². The van der Waals surface area contributed by atoms with Gasteiger partial charge >= 0.3 is 0 Å². The zero-order valence-electron chi connectivity index (χ0n) is 17.2. The van der Waals surface area contributed by atoms with Crippen LogP contribution in [-0.2, 0) is 4.74 Å². The summed E-state index contributed by atoms with van der Waals surface area (Å²) in [6, 6.07) is 13.8. The molecule has 1 saturated heterocycles. The zero-order chi connectivity index (χ0) is 21.1. The largest absolute Gasteiger partial charge is 0.497 e. The molecular formula is C23H23N3O4. The summed E-state index contributed by atoms with van der Waals surface area (Å²) < 4.78 is 22.2. The van der Waals surface area contributed by atoms with Crippen molar-refractivity contribution in [2.45, 2.75) is 6.10 Å². The fourth-order valence-corrected chi connectivity index (χ4v) is 3.75. The van der Waals surface area contributed by atoms with E-state index >= 15 is 0 Å². The first-order valence-corrected chi connectivity index (χ1v) is 9.63. The maximum Gasteiger partial charge on any atom is 0.161 e. The van der Waals surface area contributed by atoms with Gasteiger partial charge in [0.2, 0.25) is 0 Å². The molecular weight excluding hydrogens is 382 g/mol. The van der Waals surface area contributed by atoms with Gasteiger partial charge in [-0.1, -0.05) is 12.1 Å². The molecule has 1 unspecified atom stereocenters. The summed E-state index contributed by atoms with van der Waals surface area (Å²) >= 11 is 0. The van der Waals surface area contributed by atoms with Gasteiger partial charge in [-0.15, -0.1) is 0 Å². The number of fused-ring (bicyclic) bond motifs is 1. The molecule has 0 amide bonds. The van der Waals surface area contributed by atoms with Gasteiger partial charge in [0, 0.05) is 30.1 Å². The molecule has 2 aromatic carbocycles. The van der Waals surface area contributed by atoms with Crippen molar-refractivity contribution in [1.82, 2.24) is 4.98 Å². The van der Waals surface area contributed by atoms with E-state index in [0.29, 0.717) is 36.8 Å². The van der Waals surface area contributed by atoms with Crippen molar-refractivity contribution in [3.05, 3.63) is 53.7 Å². The number of hydrogen-bond donors (Lipinski definition) is 0. The highest BCUT2D eigenvalue weighted by Crippen LogP contribution is 2.38. The lowest BCUT2D eigenvalue weighted by Gasteiger charge is -2.34. The van der Waals surface area contributed by atoms with Crippen LogP contribution >= 0.6 is 0 Å². The minimum atomic E-state index is -0.0858. The first kappa shape index (κ1) is 19.8. The van der Waals surface area contributed by atoms with E-state index in [0.717, 1.165) is 27.9 Å². The fourth-order valence-electron chi connectivity index (χ4n) is 3.75. The van der Waals surface area contributed by atoms with Gasteiger partial charge in [0.25, 0.3) is 0 Å². The summed E-state index contributed by atoms with van der Waals surface area (Å²) in [5, 5.41) is 11.2. The molecule has 154 valence electrons. The van der Waals surface area contributed by atoms with E-state index in [1.807, 2.05) is 36.4 Å². The Kier molecular flexibility index (Phi) is 5.59. The third-order valence-electron chi connectivity index (χ3n) is 5.34. The molecule has 7 heteroatoms. The second-order valence-corrected chi connectivity index (χ2v) is 6.94. The summed E-state index contributed by atoms with van der Waals surface area (Å²) in [6.45, 7) is 1.93. The minimum Gasteiger partial charge on any atom is -0.497 e. The lowest BCUT2D eigenvalue weighted by atomic mass is 10.0. The molecule has 30 heavy (non-hydrogen) atoms. The van der Waals surface area contributed by atoms with Crippen molar-refractivity contribution in [2.75, 3.05) is 45.9 Å². The number of hydrogen-bond acceptors (Lipinski definition) is 7. The Morgan fingerprint density at radius 2 is 1.73 bits per heavy atom. The summed E-state index contributed by atoms with van der Waals surface area (Å²) in [6.07, 6.45) is 1.53. The van der Waals surface area contributed by atoms with Gasteiger partial charge in [-0.2, -0.15) is 5.26 Å². The van der Waals surface area contributed by atoms with Crippen molar-refractivity contribution in [3.8, 4) is 23.3 Å². The van der Waals surface area contributed by atoms with E-state index < -0.39 is 0 Å². The number of benzene rings is 2. The number of nitrogens with zero attached hydrogens (tertiary/aromatic N) is 3. The van der Waals surface area contributed by atoms with Crippen molar-refractivity contribution >= 4 is 16.6 Å². The molecule has 0 bridgehead atoms. The molecule has 1 aliphatic heterocycles. The predicted octanol–water partition coefficient (Wildman–Crippen LogP) is 3.71. The van der Waals surface area contributed by atoms with Crippen LogP contribution in [-0.4, -0.2) is 46.0 Å². The normalized spacial score (nSPS) is 16.2. The van der Waals surface area contributed by atoms with E-state index in [1.165, 1.54) is 0 Å². The Balaban J connectivity index is 1.73. The molecule has 0 radical (unpaired) electrons. The molecule has 3 aromatic rings. The Labute approximate surface area is 175 Å².